The molecule has 3 atom stereocenters. The Bertz CT molecular complexity index is 421. The Kier molecular flexibility index (Phi) is 5.23. The maximum Gasteiger partial charge on any atom is 0.123 e. The van der Waals surface area contributed by atoms with Gasteiger partial charge in [0, 0.05) is 11.1 Å². The molecule has 0 aromatic heterocycles. The van der Waals surface area contributed by atoms with Crippen LogP contribution in [0.1, 0.15) is 51.1 Å². The molecule has 1 aliphatic carbocycles. The summed E-state index contributed by atoms with van der Waals surface area (Å²) >= 11 is 6.28. The molecule has 3 unspecified atom stereocenters. The van der Waals surface area contributed by atoms with Crippen molar-refractivity contribution in [3.8, 4) is 0 Å². The summed E-state index contributed by atoms with van der Waals surface area (Å²) < 4.78 is 13.5. The summed E-state index contributed by atoms with van der Waals surface area (Å²) in [7, 11) is 0. The van der Waals surface area contributed by atoms with Crippen LogP contribution in [0.5, 0.6) is 0 Å². The lowest BCUT2D eigenvalue weighted by molar-refractivity contribution is 0.358. The van der Waals surface area contributed by atoms with E-state index in [0.717, 1.165) is 24.4 Å². The number of hydrogen-bond donors (Lipinski definition) is 1. The average molecular weight is 284 g/mol. The van der Waals surface area contributed by atoms with E-state index in [1.807, 2.05) is 0 Å². The normalized spacial score (nSPS) is 24.6. The summed E-state index contributed by atoms with van der Waals surface area (Å²) in [4.78, 5) is 0. The largest absolute Gasteiger partial charge is 0.310 e. The fourth-order valence-electron chi connectivity index (χ4n) is 3.14. The molecule has 1 saturated carbocycles. The van der Waals surface area contributed by atoms with Crippen LogP contribution in [0.4, 0.5) is 4.39 Å². The van der Waals surface area contributed by atoms with Crippen molar-refractivity contribution in [3.05, 3.63) is 34.6 Å². The van der Waals surface area contributed by atoms with Crippen molar-refractivity contribution in [3.63, 3.8) is 0 Å². The van der Waals surface area contributed by atoms with Crippen LogP contribution in [0.3, 0.4) is 0 Å². The molecule has 0 amide bonds. The number of benzene rings is 1. The van der Waals surface area contributed by atoms with E-state index in [0.29, 0.717) is 10.9 Å². The molecule has 0 radical (unpaired) electrons. The molecule has 1 aliphatic rings. The third kappa shape index (κ3) is 3.70. The lowest BCUT2D eigenvalue weighted by atomic mass is 9.90. The van der Waals surface area contributed by atoms with E-state index in [4.69, 9.17) is 11.6 Å². The molecule has 1 N–H and O–H groups in total. The lowest BCUT2D eigenvalue weighted by Crippen LogP contribution is -2.28. The van der Waals surface area contributed by atoms with Gasteiger partial charge in [0.1, 0.15) is 5.82 Å². The van der Waals surface area contributed by atoms with Crippen LogP contribution in [0.2, 0.25) is 5.02 Å². The van der Waals surface area contributed by atoms with E-state index >= 15 is 0 Å². The van der Waals surface area contributed by atoms with Gasteiger partial charge >= 0.3 is 0 Å². The number of nitrogens with one attached hydrogen (secondary N) is 1. The first-order valence-electron chi connectivity index (χ1n) is 7.30. The van der Waals surface area contributed by atoms with E-state index in [1.165, 1.54) is 25.3 Å². The molecule has 0 saturated heterocycles. The van der Waals surface area contributed by atoms with Crippen LogP contribution < -0.4 is 5.32 Å². The van der Waals surface area contributed by atoms with Crippen molar-refractivity contribution >= 4 is 11.6 Å². The summed E-state index contributed by atoms with van der Waals surface area (Å²) in [6.45, 7) is 5.39. The van der Waals surface area contributed by atoms with Crippen LogP contribution in [0.15, 0.2) is 18.2 Å². The maximum absolute atomic E-state index is 13.5. The highest BCUT2D eigenvalue weighted by Crippen LogP contribution is 2.40. The van der Waals surface area contributed by atoms with Crippen LogP contribution in [0.25, 0.3) is 0 Å². The predicted molar refractivity (Wildman–Crippen MR) is 78.9 cm³/mol. The molecule has 1 fully saturated rings. The Balaban J connectivity index is 2.23. The van der Waals surface area contributed by atoms with Gasteiger partial charge in [-0.2, -0.15) is 0 Å². The summed E-state index contributed by atoms with van der Waals surface area (Å²) in [5.41, 5.74) is 0.925. The summed E-state index contributed by atoms with van der Waals surface area (Å²) in [6, 6.07) is 4.89. The molecular formula is C16H23ClFN. The van der Waals surface area contributed by atoms with Crippen LogP contribution in [0, 0.1) is 17.7 Å². The second kappa shape index (κ2) is 6.71. The molecule has 1 aromatic rings. The second-order valence-electron chi connectivity index (χ2n) is 5.78. The van der Waals surface area contributed by atoms with Crippen LogP contribution in [-0.4, -0.2) is 6.54 Å². The SMILES string of the molecule is CCCNC(c1cc(F)ccc1Cl)C1CCC(C)C1. The van der Waals surface area contributed by atoms with E-state index in [2.05, 4.69) is 19.2 Å². The Hall–Kier alpha value is -0.600. The van der Waals surface area contributed by atoms with Gasteiger partial charge in [0.25, 0.3) is 0 Å². The fraction of sp³-hybridized carbons (Fsp3) is 0.625. The number of halogens is 2. The molecular weight excluding hydrogens is 261 g/mol. The zero-order valence-electron chi connectivity index (χ0n) is 11.8. The first-order valence-corrected chi connectivity index (χ1v) is 7.68. The minimum absolute atomic E-state index is 0.188. The zero-order valence-corrected chi connectivity index (χ0v) is 12.5. The standard InChI is InChI=1S/C16H23ClFN/c1-3-8-19-16(12-5-4-11(2)9-12)14-10-13(18)6-7-15(14)17/h6-7,10-12,16,19H,3-5,8-9H2,1-2H3. The monoisotopic (exact) mass is 283 g/mol. The van der Waals surface area contributed by atoms with Crippen molar-refractivity contribution in [2.45, 2.75) is 45.6 Å². The Morgan fingerprint density at radius 1 is 1.42 bits per heavy atom. The van der Waals surface area contributed by atoms with Crippen molar-refractivity contribution in [2.75, 3.05) is 6.54 Å². The molecule has 3 heteroatoms. The molecule has 0 aliphatic heterocycles. The number of hydrogen-bond acceptors (Lipinski definition) is 1. The van der Waals surface area contributed by atoms with Gasteiger partial charge in [-0.3, -0.25) is 0 Å². The first kappa shape index (κ1) is 14.8. The van der Waals surface area contributed by atoms with E-state index in [9.17, 15) is 4.39 Å². The smallest absolute Gasteiger partial charge is 0.123 e. The van der Waals surface area contributed by atoms with E-state index in [1.54, 1.807) is 12.1 Å². The van der Waals surface area contributed by atoms with Crippen molar-refractivity contribution < 1.29 is 4.39 Å². The van der Waals surface area contributed by atoms with Crippen LogP contribution >= 0.6 is 11.6 Å². The highest BCUT2D eigenvalue weighted by molar-refractivity contribution is 6.31. The molecule has 1 aromatic carbocycles. The Morgan fingerprint density at radius 3 is 2.84 bits per heavy atom. The summed E-state index contributed by atoms with van der Waals surface area (Å²) in [5, 5.41) is 4.24. The summed E-state index contributed by atoms with van der Waals surface area (Å²) in [6.07, 6.45) is 4.75. The van der Waals surface area contributed by atoms with Gasteiger partial charge in [0.05, 0.1) is 0 Å². The van der Waals surface area contributed by atoms with E-state index < -0.39 is 0 Å². The maximum atomic E-state index is 13.5. The zero-order chi connectivity index (χ0) is 13.8. The van der Waals surface area contributed by atoms with Gasteiger partial charge in [-0.15, -0.1) is 0 Å². The molecule has 1 nitrogen and oxygen atoms in total. The molecule has 0 bridgehead atoms. The predicted octanol–water partition coefficient (Wildman–Crippen LogP) is 4.96. The highest BCUT2D eigenvalue weighted by atomic mass is 35.5. The van der Waals surface area contributed by atoms with E-state index in [-0.39, 0.29) is 11.9 Å². The van der Waals surface area contributed by atoms with Gasteiger partial charge in [0.15, 0.2) is 0 Å². The topological polar surface area (TPSA) is 12.0 Å². The fourth-order valence-corrected chi connectivity index (χ4v) is 3.37. The van der Waals surface area contributed by atoms with Gasteiger partial charge in [-0.25, -0.2) is 4.39 Å². The molecule has 0 heterocycles. The third-order valence-electron chi connectivity index (χ3n) is 4.11. The average Bonchev–Trinajstić information content (AvgIpc) is 2.80. The van der Waals surface area contributed by atoms with Crippen molar-refractivity contribution in [1.29, 1.82) is 0 Å². The minimum Gasteiger partial charge on any atom is -0.310 e. The Morgan fingerprint density at radius 2 is 2.21 bits per heavy atom. The third-order valence-corrected chi connectivity index (χ3v) is 4.46. The lowest BCUT2D eigenvalue weighted by Gasteiger charge is -2.26. The first-order chi connectivity index (χ1) is 9.11. The van der Waals surface area contributed by atoms with Crippen LogP contribution in [-0.2, 0) is 0 Å². The van der Waals surface area contributed by atoms with Gasteiger partial charge in [-0.1, -0.05) is 31.9 Å². The molecule has 2 rings (SSSR count). The second-order valence-corrected chi connectivity index (χ2v) is 6.18. The number of rotatable bonds is 5. The van der Waals surface area contributed by atoms with Gasteiger partial charge < -0.3 is 5.32 Å². The van der Waals surface area contributed by atoms with Gasteiger partial charge in [-0.05, 0) is 61.4 Å². The molecule has 0 spiro atoms. The Labute approximate surface area is 120 Å². The molecule has 106 valence electrons. The van der Waals surface area contributed by atoms with Gasteiger partial charge in [0.2, 0.25) is 0 Å². The van der Waals surface area contributed by atoms with Crippen molar-refractivity contribution in [2.24, 2.45) is 11.8 Å². The minimum atomic E-state index is -0.200. The molecule has 19 heavy (non-hydrogen) atoms. The van der Waals surface area contributed by atoms with Crippen molar-refractivity contribution in [1.82, 2.24) is 5.32 Å². The summed E-state index contributed by atoms with van der Waals surface area (Å²) in [5.74, 6) is 1.14. The highest BCUT2D eigenvalue weighted by Gasteiger charge is 2.30. The quantitative estimate of drug-likeness (QED) is 0.806.